The molecule has 22 heavy (non-hydrogen) atoms. The summed E-state index contributed by atoms with van der Waals surface area (Å²) in [6, 6.07) is 8.65. The number of nitrogens with one attached hydrogen (secondary N) is 2. The van der Waals surface area contributed by atoms with Crippen LogP contribution in [0.15, 0.2) is 36.3 Å². The Morgan fingerprint density at radius 2 is 2.05 bits per heavy atom. The van der Waals surface area contributed by atoms with E-state index in [0.717, 1.165) is 38.6 Å². The fraction of sp³-hybridized carbons (Fsp3) is 0.500. The lowest BCUT2D eigenvalue weighted by molar-refractivity contribution is -0.404. The second-order valence-electron chi connectivity index (χ2n) is 5.52. The molecule has 0 heterocycles. The van der Waals surface area contributed by atoms with E-state index in [0.29, 0.717) is 5.82 Å². The molecule has 1 aromatic carbocycles. The van der Waals surface area contributed by atoms with Gasteiger partial charge in [-0.2, -0.15) is 0 Å². The van der Waals surface area contributed by atoms with Gasteiger partial charge in [-0.15, -0.1) is 0 Å². The highest BCUT2D eigenvalue weighted by molar-refractivity contribution is 5.23. The van der Waals surface area contributed by atoms with Crippen LogP contribution in [0.2, 0.25) is 0 Å². The fourth-order valence-electron chi connectivity index (χ4n) is 2.23. The van der Waals surface area contributed by atoms with Gasteiger partial charge in [-0.25, -0.2) is 0 Å². The third kappa shape index (κ3) is 7.64. The molecular weight excluding hydrogens is 280 g/mol. The fourth-order valence-corrected chi connectivity index (χ4v) is 2.23. The van der Waals surface area contributed by atoms with Gasteiger partial charge < -0.3 is 15.5 Å². The van der Waals surface area contributed by atoms with E-state index in [1.165, 1.54) is 11.1 Å². The van der Waals surface area contributed by atoms with E-state index >= 15 is 0 Å². The molecule has 0 atom stereocenters. The predicted octanol–water partition coefficient (Wildman–Crippen LogP) is 1.96. The Kier molecular flexibility index (Phi) is 7.99. The molecule has 0 aliphatic rings. The molecule has 0 aliphatic carbocycles. The highest BCUT2D eigenvalue weighted by atomic mass is 16.6. The molecule has 0 spiro atoms. The summed E-state index contributed by atoms with van der Waals surface area (Å²) in [5.41, 5.74) is 2.67. The predicted molar refractivity (Wildman–Crippen MR) is 88.9 cm³/mol. The van der Waals surface area contributed by atoms with Crippen LogP contribution in [0.1, 0.15) is 24.0 Å². The van der Waals surface area contributed by atoms with Crippen molar-refractivity contribution < 1.29 is 4.92 Å². The Morgan fingerprint density at radius 1 is 1.32 bits per heavy atom. The minimum atomic E-state index is -0.463. The highest BCUT2D eigenvalue weighted by Gasteiger charge is 2.00. The van der Waals surface area contributed by atoms with Crippen molar-refractivity contribution in [1.82, 2.24) is 15.5 Å². The molecule has 0 radical (unpaired) electrons. The summed E-state index contributed by atoms with van der Waals surface area (Å²) in [4.78, 5) is 12.1. The molecule has 1 aromatic rings. The normalized spacial score (nSPS) is 11.5. The summed E-state index contributed by atoms with van der Waals surface area (Å²) < 4.78 is 0. The molecule has 0 aliphatic heterocycles. The van der Waals surface area contributed by atoms with E-state index in [4.69, 9.17) is 0 Å². The molecule has 0 unspecified atom stereocenters. The number of hydrogen-bond acceptors (Lipinski definition) is 5. The Hall–Kier alpha value is -2.08. The Labute approximate surface area is 132 Å². The van der Waals surface area contributed by atoms with Gasteiger partial charge in [0.05, 0.1) is 4.92 Å². The van der Waals surface area contributed by atoms with Crippen molar-refractivity contribution >= 4 is 0 Å². The van der Waals surface area contributed by atoms with Gasteiger partial charge in [0.15, 0.2) is 5.82 Å². The number of aryl methyl sites for hydroxylation is 1. The van der Waals surface area contributed by atoms with Gasteiger partial charge in [0.2, 0.25) is 0 Å². The van der Waals surface area contributed by atoms with Crippen LogP contribution in [0.5, 0.6) is 0 Å². The van der Waals surface area contributed by atoms with E-state index in [1.54, 1.807) is 7.05 Å². The third-order valence-electron chi connectivity index (χ3n) is 3.20. The molecule has 0 fully saturated rings. The van der Waals surface area contributed by atoms with Gasteiger partial charge >= 0.3 is 0 Å². The second-order valence-corrected chi connectivity index (χ2v) is 5.52. The van der Waals surface area contributed by atoms with Gasteiger partial charge in [0, 0.05) is 20.1 Å². The number of hydrogen-bond donors (Lipinski definition) is 2. The van der Waals surface area contributed by atoms with Crippen LogP contribution in [0.25, 0.3) is 0 Å². The summed E-state index contributed by atoms with van der Waals surface area (Å²) in [7, 11) is 5.80. The average molecular weight is 306 g/mol. The summed E-state index contributed by atoms with van der Waals surface area (Å²) in [5, 5.41) is 16.2. The zero-order valence-corrected chi connectivity index (χ0v) is 13.6. The van der Waals surface area contributed by atoms with E-state index in [2.05, 4.69) is 53.9 Å². The zero-order chi connectivity index (χ0) is 16.4. The zero-order valence-electron chi connectivity index (χ0n) is 13.6. The van der Waals surface area contributed by atoms with E-state index in [9.17, 15) is 10.1 Å². The largest absolute Gasteiger partial charge is 0.370 e. The van der Waals surface area contributed by atoms with Crippen molar-refractivity contribution in [3.05, 3.63) is 57.5 Å². The first-order valence-corrected chi connectivity index (χ1v) is 7.50. The summed E-state index contributed by atoms with van der Waals surface area (Å²) in [6.07, 6.45) is 3.99. The molecule has 0 amide bonds. The maximum Gasteiger partial charge on any atom is 0.274 e. The molecule has 0 aromatic heterocycles. The maximum absolute atomic E-state index is 10.4. The van der Waals surface area contributed by atoms with Crippen LogP contribution in [0, 0.1) is 10.1 Å². The molecule has 6 heteroatoms. The Bertz CT molecular complexity index is 501. The lowest BCUT2D eigenvalue weighted by Gasteiger charge is -2.11. The average Bonchev–Trinajstić information content (AvgIpc) is 2.45. The monoisotopic (exact) mass is 306 g/mol. The molecule has 2 N–H and O–H groups in total. The first kappa shape index (κ1) is 18.0. The smallest absolute Gasteiger partial charge is 0.274 e. The summed E-state index contributed by atoms with van der Waals surface area (Å²) >= 11 is 0. The van der Waals surface area contributed by atoms with Crippen molar-refractivity contribution in [3.8, 4) is 0 Å². The second kappa shape index (κ2) is 9.78. The van der Waals surface area contributed by atoms with Gasteiger partial charge in [-0.05, 0) is 44.5 Å². The van der Waals surface area contributed by atoms with Crippen molar-refractivity contribution in [2.75, 3.05) is 27.7 Å². The maximum atomic E-state index is 10.4. The van der Waals surface area contributed by atoms with Gasteiger partial charge in [0.25, 0.3) is 6.20 Å². The van der Waals surface area contributed by atoms with Crippen LogP contribution in [-0.2, 0) is 13.0 Å². The minimum absolute atomic E-state index is 0.443. The molecule has 0 bridgehead atoms. The highest BCUT2D eigenvalue weighted by Crippen LogP contribution is 2.10. The van der Waals surface area contributed by atoms with E-state index < -0.39 is 4.92 Å². The molecule has 1 rings (SSSR count). The van der Waals surface area contributed by atoms with Gasteiger partial charge in [0.1, 0.15) is 0 Å². The van der Waals surface area contributed by atoms with Crippen LogP contribution in [-0.4, -0.2) is 37.5 Å². The SMILES string of the molecule is CNC(=C[N+](=O)[O-])NCCCCc1cccc(CN(C)C)c1. The number of rotatable bonds is 10. The number of unbranched alkanes of at least 4 members (excludes halogenated alkanes) is 1. The Balaban J connectivity index is 2.31. The number of nitro groups is 1. The lowest BCUT2D eigenvalue weighted by atomic mass is 10.0. The van der Waals surface area contributed by atoms with Crippen LogP contribution >= 0.6 is 0 Å². The van der Waals surface area contributed by atoms with Crippen LogP contribution in [0.3, 0.4) is 0 Å². The summed E-state index contributed by atoms with van der Waals surface area (Å²) in [6.45, 7) is 1.67. The van der Waals surface area contributed by atoms with Crippen LogP contribution < -0.4 is 10.6 Å². The van der Waals surface area contributed by atoms with Crippen molar-refractivity contribution in [3.63, 3.8) is 0 Å². The summed E-state index contributed by atoms with van der Waals surface area (Å²) in [5.74, 6) is 0.443. The molecule has 0 saturated carbocycles. The molecule has 6 nitrogen and oxygen atoms in total. The molecule has 0 saturated heterocycles. The molecule has 122 valence electrons. The standard InChI is InChI=1S/C16H26N4O2/c1-17-16(13-20(21)22)18-10-5-4-7-14-8-6-9-15(11-14)12-19(2)3/h6,8-9,11,13,17-18H,4-5,7,10,12H2,1-3H3. The van der Waals surface area contributed by atoms with E-state index in [1.807, 2.05) is 0 Å². The van der Waals surface area contributed by atoms with Gasteiger partial charge in [-0.1, -0.05) is 24.3 Å². The van der Waals surface area contributed by atoms with Gasteiger partial charge in [-0.3, -0.25) is 10.1 Å². The van der Waals surface area contributed by atoms with Crippen LogP contribution in [0.4, 0.5) is 0 Å². The van der Waals surface area contributed by atoms with Crippen molar-refractivity contribution in [2.24, 2.45) is 0 Å². The number of nitrogens with zero attached hydrogens (tertiary/aromatic N) is 2. The van der Waals surface area contributed by atoms with Crippen molar-refractivity contribution in [1.29, 1.82) is 0 Å². The lowest BCUT2D eigenvalue weighted by Crippen LogP contribution is -2.25. The first-order chi connectivity index (χ1) is 10.5. The first-order valence-electron chi connectivity index (χ1n) is 7.50. The molecular formula is C16H26N4O2. The van der Waals surface area contributed by atoms with Crippen molar-refractivity contribution in [2.45, 2.75) is 25.8 Å². The van der Waals surface area contributed by atoms with E-state index in [-0.39, 0.29) is 0 Å². The minimum Gasteiger partial charge on any atom is -0.370 e. The topological polar surface area (TPSA) is 70.4 Å². The third-order valence-corrected chi connectivity index (χ3v) is 3.20. The number of benzene rings is 1. The Morgan fingerprint density at radius 3 is 2.68 bits per heavy atom. The quantitative estimate of drug-likeness (QED) is 0.393.